The first-order valence-electron chi connectivity index (χ1n) is 20.6. The van der Waals surface area contributed by atoms with E-state index >= 15 is 0 Å². The number of hydrogen-bond acceptors (Lipinski definition) is 0. The zero-order valence-electron chi connectivity index (χ0n) is 33.0. The Kier molecular flexibility index (Phi) is 7.31. The molecule has 0 N–H and O–H groups in total. The van der Waals surface area contributed by atoms with E-state index in [0.29, 0.717) is 0 Å². The van der Waals surface area contributed by atoms with E-state index in [1.54, 1.807) is 0 Å². The second-order valence-corrected chi connectivity index (χ2v) is 16.6. The van der Waals surface area contributed by atoms with Gasteiger partial charge in [0.2, 0.25) is 0 Å². The summed E-state index contributed by atoms with van der Waals surface area (Å²) < 4.78 is 4.84. The third kappa shape index (κ3) is 5.13. The van der Waals surface area contributed by atoms with Crippen LogP contribution in [0.1, 0.15) is 25.0 Å². The van der Waals surface area contributed by atoms with E-state index in [9.17, 15) is 0 Å². The van der Waals surface area contributed by atoms with Gasteiger partial charge in [0.1, 0.15) is 0 Å². The number of nitrogens with zero attached hydrogens (tertiary/aromatic N) is 2. The molecule has 0 saturated heterocycles. The summed E-state index contributed by atoms with van der Waals surface area (Å²) in [5, 5.41) is 5.07. The molecule has 2 heterocycles. The summed E-state index contributed by atoms with van der Waals surface area (Å²) in [4.78, 5) is 0. The van der Waals surface area contributed by atoms with Crippen LogP contribution < -0.4 is 0 Å². The Labute approximate surface area is 343 Å². The van der Waals surface area contributed by atoms with Crippen molar-refractivity contribution in [2.75, 3.05) is 0 Å². The molecule has 2 nitrogen and oxygen atoms in total. The van der Waals surface area contributed by atoms with Crippen molar-refractivity contribution in [1.29, 1.82) is 0 Å². The lowest BCUT2D eigenvalue weighted by molar-refractivity contribution is 0.661. The number of fused-ring (bicyclic) bond motifs is 9. The topological polar surface area (TPSA) is 9.86 Å². The van der Waals surface area contributed by atoms with Gasteiger partial charge in [-0.2, -0.15) is 0 Å². The lowest BCUT2D eigenvalue weighted by Crippen LogP contribution is -2.14. The number of aromatic nitrogens is 2. The van der Waals surface area contributed by atoms with Crippen LogP contribution >= 0.6 is 0 Å². The summed E-state index contributed by atoms with van der Waals surface area (Å²) in [7, 11) is 0. The van der Waals surface area contributed by atoms with E-state index < -0.39 is 0 Å². The quantitative estimate of drug-likeness (QED) is 0.166. The molecule has 1 aliphatic carbocycles. The fraction of sp³-hybridized carbons (Fsp3) is 0.0526. The molecular weight excluding hydrogens is 713 g/mol. The molecule has 0 unspecified atom stereocenters. The largest absolute Gasteiger partial charge is 0.309 e. The van der Waals surface area contributed by atoms with Gasteiger partial charge in [0.15, 0.2) is 0 Å². The van der Waals surface area contributed by atoms with E-state index in [0.717, 1.165) is 0 Å². The average Bonchev–Trinajstić information content (AvgIpc) is 3.88. The standard InChI is InChI=1S/C57H40N2/c1-57(2)51-19-11-9-17-45(51)47-35-50-49-34-42(28-32-55(49)59(56(50)36-52(47)57)44-29-25-38(26-30-44)37-13-5-3-6-14-37)40-23-21-39(22-24-40)41-27-31-54-48(33-41)46-18-10-12-20-53(46)58(54)43-15-7-4-8-16-43/h3-36H,1-2H3. The average molecular weight is 753 g/mol. The molecule has 1 aliphatic rings. The van der Waals surface area contributed by atoms with Gasteiger partial charge in [0.25, 0.3) is 0 Å². The highest BCUT2D eigenvalue weighted by Crippen LogP contribution is 2.51. The van der Waals surface area contributed by atoms with Crippen molar-refractivity contribution in [2.24, 2.45) is 0 Å². The van der Waals surface area contributed by atoms with E-state index in [-0.39, 0.29) is 5.41 Å². The maximum Gasteiger partial charge on any atom is 0.0544 e. The molecule has 0 atom stereocenters. The minimum atomic E-state index is -0.0883. The lowest BCUT2D eigenvalue weighted by Gasteiger charge is -2.21. The molecule has 0 saturated carbocycles. The van der Waals surface area contributed by atoms with Crippen LogP contribution in [0.15, 0.2) is 206 Å². The molecule has 12 rings (SSSR count). The van der Waals surface area contributed by atoms with E-state index in [4.69, 9.17) is 0 Å². The molecule has 2 aromatic heterocycles. The van der Waals surface area contributed by atoms with E-state index in [2.05, 4.69) is 229 Å². The van der Waals surface area contributed by atoms with Crippen LogP contribution in [-0.2, 0) is 5.41 Å². The van der Waals surface area contributed by atoms with Crippen LogP contribution in [0.25, 0.3) is 99.5 Å². The zero-order valence-corrected chi connectivity index (χ0v) is 33.0. The molecule has 0 spiro atoms. The van der Waals surface area contributed by atoms with Gasteiger partial charge in [-0.25, -0.2) is 0 Å². The Hall–Kier alpha value is -7.42. The summed E-state index contributed by atoms with van der Waals surface area (Å²) in [6.07, 6.45) is 0. The van der Waals surface area contributed by atoms with Gasteiger partial charge < -0.3 is 9.13 Å². The predicted octanol–water partition coefficient (Wildman–Crippen LogP) is 15.2. The summed E-state index contributed by atoms with van der Waals surface area (Å²) in [5.41, 5.74) is 19.9. The van der Waals surface area contributed by atoms with Crippen LogP contribution in [0.3, 0.4) is 0 Å². The first-order chi connectivity index (χ1) is 29.0. The molecule has 0 radical (unpaired) electrons. The first kappa shape index (κ1) is 33.7. The van der Waals surface area contributed by atoms with Crippen molar-refractivity contribution in [3.05, 3.63) is 217 Å². The van der Waals surface area contributed by atoms with Crippen molar-refractivity contribution in [3.63, 3.8) is 0 Å². The van der Waals surface area contributed by atoms with Gasteiger partial charge in [-0.15, -0.1) is 0 Å². The third-order valence-corrected chi connectivity index (χ3v) is 12.9. The van der Waals surface area contributed by atoms with Crippen LogP contribution in [0.5, 0.6) is 0 Å². The Morgan fingerprint density at radius 3 is 1.44 bits per heavy atom. The summed E-state index contributed by atoms with van der Waals surface area (Å²) in [6, 6.07) is 76.0. The first-order valence-corrected chi connectivity index (χ1v) is 20.6. The molecule has 0 aliphatic heterocycles. The monoisotopic (exact) mass is 752 g/mol. The van der Waals surface area contributed by atoms with E-state index in [1.165, 1.54) is 111 Å². The second kappa shape index (κ2) is 12.8. The van der Waals surface area contributed by atoms with Crippen molar-refractivity contribution in [3.8, 4) is 55.9 Å². The summed E-state index contributed by atoms with van der Waals surface area (Å²) >= 11 is 0. The molecule has 278 valence electrons. The molecule has 0 bridgehead atoms. The fourth-order valence-corrected chi connectivity index (χ4v) is 9.97. The second-order valence-electron chi connectivity index (χ2n) is 16.6. The number of benzene rings is 9. The molecule has 11 aromatic rings. The number of rotatable bonds is 5. The SMILES string of the molecule is CC1(C)c2ccccc2-c2cc3c4cc(-c5ccc(-c6ccc7c(c6)c6ccccc6n7-c6ccccc6)cc5)ccc4n(-c4ccc(-c5ccccc5)cc4)c3cc21. The van der Waals surface area contributed by atoms with E-state index in [1.807, 2.05) is 0 Å². The minimum Gasteiger partial charge on any atom is -0.309 e. The van der Waals surface area contributed by atoms with Gasteiger partial charge in [0, 0.05) is 38.3 Å². The molecule has 0 fully saturated rings. The number of para-hydroxylation sites is 2. The Balaban J connectivity index is 0.978. The van der Waals surface area contributed by atoms with Crippen LogP contribution in [0.4, 0.5) is 0 Å². The van der Waals surface area contributed by atoms with Crippen LogP contribution in [0, 0.1) is 0 Å². The highest BCUT2D eigenvalue weighted by molar-refractivity contribution is 6.13. The normalized spacial score (nSPS) is 13.1. The molecule has 2 heteroatoms. The maximum absolute atomic E-state index is 2.47. The van der Waals surface area contributed by atoms with Crippen molar-refractivity contribution in [2.45, 2.75) is 19.3 Å². The highest BCUT2D eigenvalue weighted by Gasteiger charge is 2.36. The Morgan fingerprint density at radius 2 is 0.746 bits per heavy atom. The van der Waals surface area contributed by atoms with Gasteiger partial charge in [-0.1, -0.05) is 153 Å². The van der Waals surface area contributed by atoms with Crippen molar-refractivity contribution >= 4 is 43.6 Å². The molecule has 59 heavy (non-hydrogen) atoms. The van der Waals surface area contributed by atoms with Gasteiger partial charge in [-0.05, 0) is 122 Å². The summed E-state index contributed by atoms with van der Waals surface area (Å²) in [5.74, 6) is 0. The smallest absolute Gasteiger partial charge is 0.0544 e. The lowest BCUT2D eigenvalue weighted by atomic mass is 9.82. The highest BCUT2D eigenvalue weighted by atomic mass is 15.0. The fourth-order valence-electron chi connectivity index (χ4n) is 9.97. The minimum absolute atomic E-state index is 0.0883. The maximum atomic E-state index is 2.47. The zero-order chi connectivity index (χ0) is 39.2. The van der Waals surface area contributed by atoms with Crippen LogP contribution in [-0.4, -0.2) is 9.13 Å². The molecular formula is C57H40N2. The third-order valence-electron chi connectivity index (χ3n) is 12.9. The predicted molar refractivity (Wildman–Crippen MR) is 249 cm³/mol. The molecule has 9 aromatic carbocycles. The Morgan fingerprint density at radius 1 is 0.288 bits per heavy atom. The number of hydrogen-bond donors (Lipinski definition) is 0. The molecule has 0 amide bonds. The van der Waals surface area contributed by atoms with Crippen molar-refractivity contribution in [1.82, 2.24) is 9.13 Å². The Bertz CT molecular complexity index is 3420. The van der Waals surface area contributed by atoms with Gasteiger partial charge in [0.05, 0.1) is 22.1 Å². The van der Waals surface area contributed by atoms with Crippen molar-refractivity contribution < 1.29 is 0 Å². The van der Waals surface area contributed by atoms with Gasteiger partial charge >= 0.3 is 0 Å². The van der Waals surface area contributed by atoms with Crippen LogP contribution in [0.2, 0.25) is 0 Å². The van der Waals surface area contributed by atoms with Gasteiger partial charge in [-0.3, -0.25) is 0 Å². The summed E-state index contributed by atoms with van der Waals surface area (Å²) in [6.45, 7) is 4.74.